The van der Waals surface area contributed by atoms with Crippen molar-refractivity contribution >= 4 is 11.7 Å². The fourth-order valence-corrected chi connectivity index (χ4v) is 1.48. The van der Waals surface area contributed by atoms with Gasteiger partial charge in [0.15, 0.2) is 0 Å². The summed E-state index contributed by atoms with van der Waals surface area (Å²) < 4.78 is 15.1. The lowest BCUT2D eigenvalue weighted by Crippen LogP contribution is -2.14. The molecule has 100 valence electrons. The number of nitrogens with two attached hydrogens (primary N) is 1. The first kappa shape index (κ1) is 14.5. The van der Waals surface area contributed by atoms with E-state index in [1.54, 1.807) is 19.2 Å². The van der Waals surface area contributed by atoms with E-state index in [0.717, 1.165) is 5.56 Å². The first-order chi connectivity index (χ1) is 8.66. The molecule has 0 aliphatic carbocycles. The van der Waals surface area contributed by atoms with E-state index in [4.69, 9.17) is 19.9 Å². The van der Waals surface area contributed by atoms with E-state index in [2.05, 4.69) is 0 Å². The van der Waals surface area contributed by atoms with Gasteiger partial charge in [0.1, 0.15) is 6.61 Å². The first-order valence-electron chi connectivity index (χ1n) is 5.75. The third-order valence-electron chi connectivity index (χ3n) is 2.40. The smallest absolute Gasteiger partial charge is 0.340 e. The van der Waals surface area contributed by atoms with Crippen LogP contribution in [0.2, 0.25) is 0 Å². The molecule has 1 aromatic rings. The Morgan fingerprint density at radius 1 is 1.22 bits per heavy atom. The minimum atomic E-state index is -0.416. The quantitative estimate of drug-likeness (QED) is 0.452. The molecule has 0 amide bonds. The summed E-state index contributed by atoms with van der Waals surface area (Å²) in [7, 11) is 1.60. The normalized spacial score (nSPS) is 10.3. The maximum absolute atomic E-state index is 11.8. The number of rotatable bonds is 7. The van der Waals surface area contributed by atoms with E-state index in [9.17, 15) is 4.79 Å². The molecule has 0 aliphatic heterocycles. The van der Waals surface area contributed by atoms with Gasteiger partial charge in [0, 0.05) is 12.8 Å². The molecule has 5 heteroatoms. The molecule has 0 radical (unpaired) electrons. The SMILES string of the molecule is COCCOCCOC(=O)c1c(C)cccc1N. The van der Waals surface area contributed by atoms with Crippen LogP contribution in [0.25, 0.3) is 0 Å². The van der Waals surface area contributed by atoms with Gasteiger partial charge in [0.25, 0.3) is 0 Å². The van der Waals surface area contributed by atoms with E-state index < -0.39 is 5.97 Å². The Balaban J connectivity index is 2.37. The maximum Gasteiger partial charge on any atom is 0.340 e. The second-order valence-corrected chi connectivity index (χ2v) is 3.78. The summed E-state index contributed by atoms with van der Waals surface area (Å²) in [6, 6.07) is 5.30. The molecule has 5 nitrogen and oxygen atoms in total. The molecule has 1 rings (SSSR count). The molecule has 1 aromatic carbocycles. The summed E-state index contributed by atoms with van der Waals surface area (Å²) in [5.74, 6) is -0.416. The van der Waals surface area contributed by atoms with Gasteiger partial charge in [-0.25, -0.2) is 4.79 Å². The molecule has 0 spiro atoms. The number of aryl methyl sites for hydroxylation is 1. The van der Waals surface area contributed by atoms with Crippen LogP contribution in [0.15, 0.2) is 18.2 Å². The minimum Gasteiger partial charge on any atom is -0.460 e. The highest BCUT2D eigenvalue weighted by atomic mass is 16.6. The summed E-state index contributed by atoms with van der Waals surface area (Å²) in [5, 5.41) is 0. The highest BCUT2D eigenvalue weighted by Crippen LogP contribution is 2.17. The van der Waals surface area contributed by atoms with Crippen molar-refractivity contribution in [3.63, 3.8) is 0 Å². The molecule has 18 heavy (non-hydrogen) atoms. The second-order valence-electron chi connectivity index (χ2n) is 3.78. The van der Waals surface area contributed by atoms with Crippen LogP contribution in [0, 0.1) is 6.92 Å². The zero-order chi connectivity index (χ0) is 13.4. The highest BCUT2D eigenvalue weighted by molar-refractivity contribution is 5.96. The van der Waals surface area contributed by atoms with Gasteiger partial charge < -0.3 is 19.9 Å². The number of hydrogen-bond donors (Lipinski definition) is 1. The molecule has 0 unspecified atom stereocenters. The topological polar surface area (TPSA) is 70.8 Å². The molecule has 0 heterocycles. The predicted molar refractivity (Wildman–Crippen MR) is 68.6 cm³/mol. The van der Waals surface area contributed by atoms with Crippen molar-refractivity contribution in [1.82, 2.24) is 0 Å². The van der Waals surface area contributed by atoms with Gasteiger partial charge in [-0.3, -0.25) is 0 Å². The van der Waals surface area contributed by atoms with Gasteiger partial charge in [-0.15, -0.1) is 0 Å². The number of ether oxygens (including phenoxy) is 3. The van der Waals surface area contributed by atoms with E-state index in [1.165, 1.54) is 0 Å². The summed E-state index contributed by atoms with van der Waals surface area (Å²) >= 11 is 0. The van der Waals surface area contributed by atoms with Crippen LogP contribution >= 0.6 is 0 Å². The molecule has 0 saturated heterocycles. The maximum atomic E-state index is 11.8. The van der Waals surface area contributed by atoms with Crippen LogP contribution in [-0.2, 0) is 14.2 Å². The summed E-state index contributed by atoms with van der Waals surface area (Å²) in [5.41, 5.74) is 7.41. The molecule has 0 saturated carbocycles. The van der Waals surface area contributed by atoms with Crippen LogP contribution in [0.1, 0.15) is 15.9 Å². The van der Waals surface area contributed by atoms with Gasteiger partial charge >= 0.3 is 5.97 Å². The molecular weight excluding hydrogens is 234 g/mol. The average Bonchev–Trinajstić information content (AvgIpc) is 2.33. The first-order valence-corrected chi connectivity index (χ1v) is 5.75. The number of methoxy groups -OCH3 is 1. The van der Waals surface area contributed by atoms with Crippen LogP contribution in [-0.4, -0.2) is 39.5 Å². The predicted octanol–water partition coefficient (Wildman–Crippen LogP) is 1.40. The van der Waals surface area contributed by atoms with Gasteiger partial charge in [-0.2, -0.15) is 0 Å². The zero-order valence-electron chi connectivity index (χ0n) is 10.8. The summed E-state index contributed by atoms with van der Waals surface area (Å²) in [6.45, 7) is 3.39. The van der Waals surface area contributed by atoms with Crippen LogP contribution in [0.4, 0.5) is 5.69 Å². The van der Waals surface area contributed by atoms with Crippen molar-refractivity contribution in [3.8, 4) is 0 Å². The Bertz CT molecular complexity index is 372. The molecule has 0 fully saturated rings. The van der Waals surface area contributed by atoms with E-state index in [0.29, 0.717) is 31.1 Å². The average molecular weight is 253 g/mol. The fourth-order valence-electron chi connectivity index (χ4n) is 1.48. The highest BCUT2D eigenvalue weighted by Gasteiger charge is 2.13. The number of esters is 1. The molecular formula is C13H19NO4. The number of hydrogen-bond acceptors (Lipinski definition) is 5. The van der Waals surface area contributed by atoms with E-state index in [-0.39, 0.29) is 6.61 Å². The molecule has 0 atom stereocenters. The van der Waals surface area contributed by atoms with Crippen molar-refractivity contribution in [1.29, 1.82) is 0 Å². The number of nitrogen functional groups attached to an aromatic ring is 1. The minimum absolute atomic E-state index is 0.205. The number of anilines is 1. The van der Waals surface area contributed by atoms with Crippen molar-refractivity contribution < 1.29 is 19.0 Å². The van der Waals surface area contributed by atoms with Crippen LogP contribution < -0.4 is 5.73 Å². The zero-order valence-corrected chi connectivity index (χ0v) is 10.8. The summed E-state index contributed by atoms with van der Waals surface area (Å²) in [6.07, 6.45) is 0. The van der Waals surface area contributed by atoms with Gasteiger partial charge in [-0.05, 0) is 18.6 Å². The van der Waals surface area contributed by atoms with Gasteiger partial charge in [0.2, 0.25) is 0 Å². The van der Waals surface area contributed by atoms with Crippen molar-refractivity contribution in [2.75, 3.05) is 39.3 Å². The standard InChI is InChI=1S/C13H19NO4/c1-10-4-3-5-11(14)12(10)13(15)18-9-8-17-7-6-16-2/h3-5H,6-9,14H2,1-2H3. The lowest BCUT2D eigenvalue weighted by atomic mass is 10.1. The monoisotopic (exact) mass is 253 g/mol. The Morgan fingerprint density at radius 3 is 2.61 bits per heavy atom. The van der Waals surface area contributed by atoms with E-state index >= 15 is 0 Å². The number of carbonyl (C=O) groups excluding carboxylic acids is 1. The Kier molecular flexibility index (Phi) is 6.18. The molecule has 2 N–H and O–H groups in total. The second kappa shape index (κ2) is 7.68. The lowest BCUT2D eigenvalue weighted by molar-refractivity contribution is 0.0214. The van der Waals surface area contributed by atoms with Crippen LogP contribution in [0.5, 0.6) is 0 Å². The number of carbonyl (C=O) groups is 1. The largest absolute Gasteiger partial charge is 0.460 e. The Labute approximate surface area is 107 Å². The van der Waals surface area contributed by atoms with Gasteiger partial charge in [-0.1, -0.05) is 12.1 Å². The third kappa shape index (κ3) is 4.35. The lowest BCUT2D eigenvalue weighted by Gasteiger charge is -2.09. The Hall–Kier alpha value is -1.59. The third-order valence-corrected chi connectivity index (χ3v) is 2.40. The van der Waals surface area contributed by atoms with Crippen molar-refractivity contribution in [2.45, 2.75) is 6.92 Å². The van der Waals surface area contributed by atoms with Crippen LogP contribution in [0.3, 0.4) is 0 Å². The number of benzene rings is 1. The Morgan fingerprint density at radius 2 is 1.94 bits per heavy atom. The summed E-state index contributed by atoms with van der Waals surface area (Å²) in [4.78, 5) is 11.8. The molecule has 0 aliphatic rings. The molecule has 0 bridgehead atoms. The fraction of sp³-hybridized carbons (Fsp3) is 0.462. The van der Waals surface area contributed by atoms with E-state index in [1.807, 2.05) is 13.0 Å². The van der Waals surface area contributed by atoms with Crippen molar-refractivity contribution in [3.05, 3.63) is 29.3 Å². The van der Waals surface area contributed by atoms with Gasteiger partial charge in [0.05, 0.1) is 25.4 Å². The van der Waals surface area contributed by atoms with Crippen molar-refractivity contribution in [2.24, 2.45) is 0 Å². The molecule has 0 aromatic heterocycles.